The molecule has 3 nitrogen and oxygen atoms in total. The molecule has 0 aliphatic carbocycles. The zero-order valence-electron chi connectivity index (χ0n) is 12.9. The molecule has 0 aliphatic heterocycles. The van der Waals surface area contributed by atoms with Crippen LogP contribution in [0.15, 0.2) is 28.9 Å². The molecule has 2 rings (SSSR count). The topological polar surface area (TPSA) is 29.9 Å². The molecule has 0 aliphatic rings. The van der Waals surface area contributed by atoms with Crippen molar-refractivity contribution in [3.05, 3.63) is 51.8 Å². The zero-order chi connectivity index (χ0) is 15.6. The molecular formula is C16H21BrFN3. The normalized spacial score (nSPS) is 11.9. The average molecular weight is 354 g/mol. The van der Waals surface area contributed by atoms with Gasteiger partial charge in [0.05, 0.1) is 16.7 Å². The lowest BCUT2D eigenvalue weighted by atomic mass is 10.1. The van der Waals surface area contributed by atoms with Crippen LogP contribution in [0, 0.1) is 12.7 Å². The van der Waals surface area contributed by atoms with Crippen molar-refractivity contribution in [2.75, 3.05) is 0 Å². The van der Waals surface area contributed by atoms with E-state index in [-0.39, 0.29) is 11.4 Å². The van der Waals surface area contributed by atoms with Crippen molar-refractivity contribution < 1.29 is 4.39 Å². The summed E-state index contributed by atoms with van der Waals surface area (Å²) in [4.78, 5) is 4.38. The second kappa shape index (κ2) is 6.28. The first kappa shape index (κ1) is 16.2. The second-order valence-corrected chi connectivity index (χ2v) is 6.99. The number of imidazole rings is 1. The van der Waals surface area contributed by atoms with E-state index in [0.29, 0.717) is 11.0 Å². The number of aryl methyl sites for hydroxylation is 1. The maximum absolute atomic E-state index is 13.6. The van der Waals surface area contributed by atoms with Crippen LogP contribution in [0.2, 0.25) is 0 Å². The lowest BCUT2D eigenvalue weighted by Crippen LogP contribution is -2.35. The molecule has 21 heavy (non-hydrogen) atoms. The molecule has 1 N–H and O–H groups in total. The van der Waals surface area contributed by atoms with Gasteiger partial charge in [-0.15, -0.1) is 0 Å². The third kappa shape index (κ3) is 4.14. The highest BCUT2D eigenvalue weighted by atomic mass is 79.9. The van der Waals surface area contributed by atoms with E-state index >= 15 is 0 Å². The summed E-state index contributed by atoms with van der Waals surface area (Å²) in [5.41, 5.74) is 2.05. The molecule has 1 aromatic heterocycles. The van der Waals surface area contributed by atoms with Crippen LogP contribution < -0.4 is 5.32 Å². The SMILES string of the molecule is Cc1ncc(CNC(C)(C)C)n1Cc1cccc(F)c1Br. The first-order chi connectivity index (χ1) is 9.78. The molecule has 0 unspecified atom stereocenters. The van der Waals surface area contributed by atoms with E-state index in [4.69, 9.17) is 0 Å². The Morgan fingerprint density at radius 2 is 2.05 bits per heavy atom. The number of nitrogens with one attached hydrogen (secondary N) is 1. The minimum Gasteiger partial charge on any atom is -0.327 e. The molecule has 0 atom stereocenters. The van der Waals surface area contributed by atoms with E-state index in [2.05, 4.69) is 51.6 Å². The van der Waals surface area contributed by atoms with Crippen molar-refractivity contribution in [2.45, 2.75) is 46.3 Å². The van der Waals surface area contributed by atoms with Crippen molar-refractivity contribution in [3.8, 4) is 0 Å². The molecule has 114 valence electrons. The van der Waals surface area contributed by atoms with E-state index in [0.717, 1.165) is 23.6 Å². The van der Waals surface area contributed by atoms with E-state index in [1.54, 1.807) is 6.07 Å². The fraction of sp³-hybridized carbons (Fsp3) is 0.438. The number of benzene rings is 1. The van der Waals surface area contributed by atoms with Crippen molar-refractivity contribution >= 4 is 15.9 Å². The van der Waals surface area contributed by atoms with E-state index < -0.39 is 0 Å². The Bertz CT molecular complexity index is 629. The summed E-state index contributed by atoms with van der Waals surface area (Å²) >= 11 is 3.32. The summed E-state index contributed by atoms with van der Waals surface area (Å²) in [5.74, 6) is 0.691. The highest BCUT2D eigenvalue weighted by molar-refractivity contribution is 9.10. The predicted octanol–water partition coefficient (Wildman–Crippen LogP) is 4.03. The third-order valence-corrected chi connectivity index (χ3v) is 4.19. The van der Waals surface area contributed by atoms with Gasteiger partial charge in [-0.1, -0.05) is 12.1 Å². The van der Waals surface area contributed by atoms with E-state index in [1.807, 2.05) is 19.2 Å². The Morgan fingerprint density at radius 1 is 1.33 bits per heavy atom. The van der Waals surface area contributed by atoms with Crippen LogP contribution in [0.3, 0.4) is 0 Å². The summed E-state index contributed by atoms with van der Waals surface area (Å²) in [5, 5.41) is 3.46. The fourth-order valence-corrected chi connectivity index (χ4v) is 2.46. The number of aromatic nitrogens is 2. The number of nitrogens with zero attached hydrogens (tertiary/aromatic N) is 2. The van der Waals surface area contributed by atoms with Gasteiger partial charge in [0.2, 0.25) is 0 Å². The predicted molar refractivity (Wildman–Crippen MR) is 86.8 cm³/mol. The molecule has 0 radical (unpaired) electrons. The Hall–Kier alpha value is -1.20. The van der Waals surface area contributed by atoms with Gasteiger partial charge < -0.3 is 9.88 Å². The van der Waals surface area contributed by atoms with Gasteiger partial charge in [0.15, 0.2) is 0 Å². The van der Waals surface area contributed by atoms with Crippen LogP contribution in [-0.4, -0.2) is 15.1 Å². The van der Waals surface area contributed by atoms with Gasteiger partial charge in [-0.2, -0.15) is 0 Å². The molecular weight excluding hydrogens is 333 g/mol. The minimum atomic E-state index is -0.236. The Kier molecular flexibility index (Phi) is 4.84. The Balaban J connectivity index is 2.24. The maximum atomic E-state index is 13.6. The standard InChI is InChI=1S/C16H21BrFN3/c1-11-19-8-13(9-20-16(2,3)4)21(11)10-12-6-5-7-14(18)15(12)17/h5-8,20H,9-10H2,1-4H3. The molecule has 0 fully saturated rings. The summed E-state index contributed by atoms with van der Waals surface area (Å²) in [7, 11) is 0. The lowest BCUT2D eigenvalue weighted by Gasteiger charge is -2.21. The first-order valence-corrected chi connectivity index (χ1v) is 7.76. The van der Waals surface area contributed by atoms with Gasteiger partial charge in [-0.3, -0.25) is 0 Å². The Labute approximate surface area is 133 Å². The van der Waals surface area contributed by atoms with E-state index in [1.165, 1.54) is 6.07 Å². The van der Waals surface area contributed by atoms with Crippen LogP contribution in [0.5, 0.6) is 0 Å². The summed E-state index contributed by atoms with van der Waals surface area (Å²) in [6, 6.07) is 5.11. The van der Waals surface area contributed by atoms with Gasteiger partial charge in [0, 0.05) is 18.3 Å². The largest absolute Gasteiger partial charge is 0.327 e. The molecule has 0 bridgehead atoms. The monoisotopic (exact) mass is 353 g/mol. The molecule has 5 heteroatoms. The van der Waals surface area contributed by atoms with Crippen LogP contribution in [0.4, 0.5) is 4.39 Å². The smallest absolute Gasteiger partial charge is 0.137 e. The van der Waals surface area contributed by atoms with Gasteiger partial charge in [-0.25, -0.2) is 9.37 Å². The average Bonchev–Trinajstić information content (AvgIpc) is 2.73. The minimum absolute atomic E-state index is 0.0441. The number of hydrogen-bond donors (Lipinski definition) is 1. The fourth-order valence-electron chi connectivity index (χ4n) is 2.07. The molecule has 0 saturated heterocycles. The van der Waals surface area contributed by atoms with Crippen molar-refractivity contribution in [1.82, 2.24) is 14.9 Å². The number of halogens is 2. The quantitative estimate of drug-likeness (QED) is 0.899. The molecule has 2 aromatic rings. The number of rotatable bonds is 4. The van der Waals surface area contributed by atoms with Gasteiger partial charge >= 0.3 is 0 Å². The van der Waals surface area contributed by atoms with E-state index in [9.17, 15) is 4.39 Å². The second-order valence-electron chi connectivity index (χ2n) is 6.20. The number of hydrogen-bond acceptors (Lipinski definition) is 2. The molecule has 1 heterocycles. The highest BCUT2D eigenvalue weighted by Gasteiger charge is 2.14. The highest BCUT2D eigenvalue weighted by Crippen LogP contribution is 2.22. The lowest BCUT2D eigenvalue weighted by molar-refractivity contribution is 0.416. The molecule has 0 spiro atoms. The van der Waals surface area contributed by atoms with Crippen LogP contribution in [0.1, 0.15) is 37.9 Å². The first-order valence-electron chi connectivity index (χ1n) is 6.97. The van der Waals surface area contributed by atoms with Crippen molar-refractivity contribution in [1.29, 1.82) is 0 Å². The molecule has 1 aromatic carbocycles. The molecule has 0 saturated carbocycles. The zero-order valence-corrected chi connectivity index (χ0v) is 14.5. The molecule has 0 amide bonds. The van der Waals surface area contributed by atoms with Gasteiger partial charge in [0.1, 0.15) is 11.6 Å². The third-order valence-electron chi connectivity index (χ3n) is 3.30. The maximum Gasteiger partial charge on any atom is 0.137 e. The van der Waals surface area contributed by atoms with Crippen LogP contribution in [-0.2, 0) is 13.1 Å². The van der Waals surface area contributed by atoms with Crippen LogP contribution >= 0.6 is 15.9 Å². The van der Waals surface area contributed by atoms with Crippen molar-refractivity contribution in [2.24, 2.45) is 0 Å². The summed E-state index contributed by atoms with van der Waals surface area (Å²) in [6.07, 6.45) is 1.88. The van der Waals surface area contributed by atoms with Crippen molar-refractivity contribution in [3.63, 3.8) is 0 Å². The summed E-state index contributed by atoms with van der Waals surface area (Å²) < 4.78 is 16.3. The van der Waals surface area contributed by atoms with Gasteiger partial charge in [-0.05, 0) is 55.3 Å². The summed E-state index contributed by atoms with van der Waals surface area (Å²) in [6.45, 7) is 9.69. The Morgan fingerprint density at radius 3 is 2.71 bits per heavy atom. The van der Waals surface area contributed by atoms with Gasteiger partial charge in [0.25, 0.3) is 0 Å². The van der Waals surface area contributed by atoms with Crippen LogP contribution in [0.25, 0.3) is 0 Å².